The van der Waals surface area contributed by atoms with E-state index in [9.17, 15) is 5.11 Å². The van der Waals surface area contributed by atoms with Crippen LogP contribution in [0.4, 0.5) is 0 Å². The smallest absolute Gasteiger partial charge is 0.0791 e. The average molecular weight is 191 g/mol. The topological polar surface area (TPSA) is 20.2 Å². The monoisotopic (exact) mass is 190 g/mol. The molecule has 1 nitrogen and oxygen atoms in total. The van der Waals surface area contributed by atoms with Gasteiger partial charge in [0.05, 0.1) is 6.10 Å². The predicted molar refractivity (Wildman–Crippen MR) is 47.1 cm³/mol. The van der Waals surface area contributed by atoms with Crippen molar-refractivity contribution in [1.29, 1.82) is 0 Å². The van der Waals surface area contributed by atoms with Crippen LogP contribution in [-0.4, -0.2) is 5.11 Å². The predicted octanol–water partition coefficient (Wildman–Crippen LogP) is 3.05. The van der Waals surface area contributed by atoms with Crippen LogP contribution in [0.15, 0.2) is 18.2 Å². The maximum absolute atomic E-state index is 9.22. The highest BCUT2D eigenvalue weighted by atomic mass is 35.5. The summed E-state index contributed by atoms with van der Waals surface area (Å²) in [5.74, 6) is 0. The van der Waals surface area contributed by atoms with Crippen molar-refractivity contribution in [3.8, 4) is 0 Å². The first-order valence-corrected chi connectivity index (χ1v) is 4.00. The van der Waals surface area contributed by atoms with E-state index >= 15 is 0 Å². The van der Waals surface area contributed by atoms with Crippen molar-refractivity contribution in [2.45, 2.75) is 13.0 Å². The van der Waals surface area contributed by atoms with E-state index in [-0.39, 0.29) is 0 Å². The molecule has 0 saturated heterocycles. The zero-order valence-corrected chi connectivity index (χ0v) is 7.52. The molecular weight excluding hydrogens is 183 g/mol. The average Bonchev–Trinajstić information content (AvgIpc) is 1.85. The lowest BCUT2D eigenvalue weighted by Crippen LogP contribution is -1.92. The Bertz CT molecular complexity index is 238. The molecule has 0 spiro atoms. The van der Waals surface area contributed by atoms with E-state index < -0.39 is 6.10 Å². The van der Waals surface area contributed by atoms with Gasteiger partial charge in [-0.1, -0.05) is 29.3 Å². The third kappa shape index (κ3) is 1.86. The minimum absolute atomic E-state index is 0.507. The summed E-state index contributed by atoms with van der Waals surface area (Å²) in [6.45, 7) is 1.63. The van der Waals surface area contributed by atoms with Crippen molar-refractivity contribution in [2.24, 2.45) is 0 Å². The lowest BCUT2D eigenvalue weighted by Gasteiger charge is -2.08. The molecule has 0 saturated carbocycles. The molecule has 1 N–H and O–H groups in total. The molecule has 0 radical (unpaired) electrons. The molecule has 3 heteroatoms. The van der Waals surface area contributed by atoms with Gasteiger partial charge in [-0.3, -0.25) is 0 Å². The summed E-state index contributed by atoms with van der Waals surface area (Å²) in [5, 5.41) is 10.2. The maximum atomic E-state index is 9.22. The molecule has 0 aliphatic heterocycles. The fraction of sp³-hybridized carbons (Fsp3) is 0.250. The van der Waals surface area contributed by atoms with Crippen molar-refractivity contribution in [2.75, 3.05) is 0 Å². The molecule has 0 bridgehead atoms. The first-order valence-electron chi connectivity index (χ1n) is 3.25. The highest BCUT2D eigenvalue weighted by Gasteiger charge is 2.09. The Labute approximate surface area is 75.6 Å². The minimum atomic E-state index is -0.615. The molecule has 1 atom stereocenters. The summed E-state index contributed by atoms with van der Waals surface area (Å²) in [4.78, 5) is 0. The largest absolute Gasteiger partial charge is 0.389 e. The fourth-order valence-electron chi connectivity index (χ4n) is 0.910. The molecule has 1 aromatic carbocycles. The SMILES string of the molecule is C[C@@H](O)c1c(Cl)cccc1Cl. The molecule has 0 aliphatic carbocycles. The molecule has 0 heterocycles. The van der Waals surface area contributed by atoms with Crippen molar-refractivity contribution >= 4 is 23.2 Å². The van der Waals surface area contributed by atoms with E-state index in [1.807, 2.05) is 0 Å². The molecule has 0 aliphatic rings. The van der Waals surface area contributed by atoms with E-state index in [4.69, 9.17) is 23.2 Å². The Morgan fingerprint density at radius 2 is 1.73 bits per heavy atom. The zero-order chi connectivity index (χ0) is 8.43. The maximum Gasteiger partial charge on any atom is 0.0791 e. The van der Waals surface area contributed by atoms with E-state index in [2.05, 4.69) is 0 Å². The van der Waals surface area contributed by atoms with Crippen molar-refractivity contribution in [3.63, 3.8) is 0 Å². The van der Waals surface area contributed by atoms with Crippen LogP contribution in [0, 0.1) is 0 Å². The van der Waals surface area contributed by atoms with Crippen molar-refractivity contribution in [3.05, 3.63) is 33.8 Å². The quantitative estimate of drug-likeness (QED) is 0.723. The van der Waals surface area contributed by atoms with Gasteiger partial charge in [-0.25, -0.2) is 0 Å². The number of aliphatic hydroxyl groups is 1. The molecular formula is C8H8Cl2O. The first-order chi connectivity index (χ1) is 5.13. The highest BCUT2D eigenvalue weighted by Crippen LogP contribution is 2.29. The zero-order valence-electron chi connectivity index (χ0n) is 6.01. The van der Waals surface area contributed by atoms with Gasteiger partial charge in [-0.2, -0.15) is 0 Å². The third-order valence-corrected chi connectivity index (χ3v) is 2.08. The van der Waals surface area contributed by atoms with Crippen LogP contribution in [0.2, 0.25) is 10.0 Å². The second kappa shape index (κ2) is 3.44. The lowest BCUT2D eigenvalue weighted by molar-refractivity contribution is 0.199. The van der Waals surface area contributed by atoms with Gasteiger partial charge in [0.15, 0.2) is 0 Å². The molecule has 0 amide bonds. The van der Waals surface area contributed by atoms with Gasteiger partial charge in [-0.15, -0.1) is 0 Å². The van der Waals surface area contributed by atoms with Crippen LogP contribution >= 0.6 is 23.2 Å². The summed E-state index contributed by atoms with van der Waals surface area (Å²) < 4.78 is 0. The van der Waals surface area contributed by atoms with Crippen LogP contribution in [0.1, 0.15) is 18.6 Å². The summed E-state index contributed by atoms with van der Waals surface area (Å²) in [6.07, 6.45) is -0.615. The Hall–Kier alpha value is -0.240. The van der Waals surface area contributed by atoms with Crippen LogP contribution in [0.5, 0.6) is 0 Å². The van der Waals surface area contributed by atoms with E-state index in [1.54, 1.807) is 25.1 Å². The van der Waals surface area contributed by atoms with Gasteiger partial charge >= 0.3 is 0 Å². The Kier molecular flexibility index (Phi) is 2.77. The van der Waals surface area contributed by atoms with E-state index in [0.717, 1.165) is 0 Å². The van der Waals surface area contributed by atoms with Crippen molar-refractivity contribution in [1.82, 2.24) is 0 Å². The summed E-state index contributed by atoms with van der Waals surface area (Å²) in [6, 6.07) is 5.15. The molecule has 1 rings (SSSR count). The van der Waals surface area contributed by atoms with Gasteiger partial charge in [0.25, 0.3) is 0 Å². The molecule has 1 aromatic rings. The molecule has 0 aromatic heterocycles. The van der Waals surface area contributed by atoms with Gasteiger partial charge in [0, 0.05) is 15.6 Å². The summed E-state index contributed by atoms with van der Waals surface area (Å²) in [7, 11) is 0. The van der Waals surface area contributed by atoms with Crippen molar-refractivity contribution < 1.29 is 5.11 Å². The second-order valence-electron chi connectivity index (χ2n) is 2.31. The Balaban J connectivity index is 3.21. The molecule has 60 valence electrons. The first kappa shape index (κ1) is 8.85. The number of rotatable bonds is 1. The van der Waals surface area contributed by atoms with E-state index in [1.165, 1.54) is 0 Å². The fourth-order valence-corrected chi connectivity index (χ4v) is 1.62. The normalized spacial score (nSPS) is 13.1. The Morgan fingerprint density at radius 1 is 1.27 bits per heavy atom. The number of benzene rings is 1. The van der Waals surface area contributed by atoms with Gasteiger partial charge in [0.1, 0.15) is 0 Å². The summed E-state index contributed by atoms with van der Waals surface area (Å²) in [5.41, 5.74) is 0.593. The molecule has 0 fully saturated rings. The number of hydrogen-bond donors (Lipinski definition) is 1. The third-order valence-electron chi connectivity index (χ3n) is 1.42. The van der Waals surface area contributed by atoms with Crippen LogP contribution in [0.3, 0.4) is 0 Å². The number of hydrogen-bond acceptors (Lipinski definition) is 1. The van der Waals surface area contributed by atoms with E-state index in [0.29, 0.717) is 15.6 Å². The highest BCUT2D eigenvalue weighted by molar-refractivity contribution is 6.36. The molecule has 11 heavy (non-hydrogen) atoms. The standard InChI is InChI=1S/C8H8Cl2O/c1-5(11)8-6(9)3-2-4-7(8)10/h2-5,11H,1H3/t5-/m1/s1. The van der Waals surface area contributed by atoms with Gasteiger partial charge in [0.2, 0.25) is 0 Å². The number of aliphatic hydroxyl groups excluding tert-OH is 1. The van der Waals surface area contributed by atoms with Crippen LogP contribution in [0.25, 0.3) is 0 Å². The van der Waals surface area contributed by atoms with Gasteiger partial charge in [-0.05, 0) is 19.1 Å². The van der Waals surface area contributed by atoms with Crippen LogP contribution in [-0.2, 0) is 0 Å². The second-order valence-corrected chi connectivity index (χ2v) is 3.13. The lowest BCUT2D eigenvalue weighted by atomic mass is 10.1. The van der Waals surface area contributed by atoms with Gasteiger partial charge < -0.3 is 5.11 Å². The summed E-state index contributed by atoms with van der Waals surface area (Å²) >= 11 is 11.6. The Morgan fingerprint density at radius 3 is 2.00 bits per heavy atom. The minimum Gasteiger partial charge on any atom is -0.389 e. The van der Waals surface area contributed by atoms with Crippen LogP contribution < -0.4 is 0 Å². The number of halogens is 2. The molecule has 0 unspecified atom stereocenters.